The molecule has 1 amide bonds. The van der Waals surface area contributed by atoms with Crippen molar-refractivity contribution in [3.63, 3.8) is 0 Å². The van der Waals surface area contributed by atoms with E-state index in [0.717, 1.165) is 24.2 Å². The highest BCUT2D eigenvalue weighted by molar-refractivity contribution is 8.77. The topological polar surface area (TPSA) is 55.4 Å². The molecule has 25 heavy (non-hydrogen) atoms. The summed E-state index contributed by atoms with van der Waals surface area (Å²) in [6.45, 7) is 4.21. The van der Waals surface area contributed by atoms with Crippen molar-refractivity contribution >= 4 is 33.5 Å². The number of amides is 1. The Bertz CT molecular complexity index is 385. The third kappa shape index (κ3) is 13.3. The molecule has 1 aliphatic heterocycles. The zero-order chi connectivity index (χ0) is 18.2. The highest BCUT2D eigenvalue weighted by Crippen LogP contribution is 2.39. The second kappa shape index (κ2) is 15.6. The van der Waals surface area contributed by atoms with Crippen LogP contribution >= 0.6 is 21.6 Å². The van der Waals surface area contributed by atoms with Crippen LogP contribution in [0.15, 0.2) is 12.7 Å². The Morgan fingerprint density at radius 1 is 1.08 bits per heavy atom. The van der Waals surface area contributed by atoms with Gasteiger partial charge in [0.2, 0.25) is 5.91 Å². The summed E-state index contributed by atoms with van der Waals surface area (Å²) >= 11 is 0. The highest BCUT2D eigenvalue weighted by Gasteiger charge is 2.15. The Hall–Kier alpha value is -0.620. The minimum atomic E-state index is -0.414. The summed E-state index contributed by atoms with van der Waals surface area (Å²) in [6, 6.07) is 0. The molecule has 1 saturated heterocycles. The molecule has 1 heterocycles. The fourth-order valence-corrected chi connectivity index (χ4v) is 5.75. The second-order valence-corrected chi connectivity index (χ2v) is 9.21. The van der Waals surface area contributed by atoms with Gasteiger partial charge in [-0.1, -0.05) is 66.7 Å². The zero-order valence-electron chi connectivity index (χ0n) is 15.3. The van der Waals surface area contributed by atoms with Gasteiger partial charge in [-0.15, -0.1) is 0 Å². The van der Waals surface area contributed by atoms with E-state index in [2.05, 4.69) is 22.7 Å². The summed E-state index contributed by atoms with van der Waals surface area (Å²) in [5.41, 5.74) is 0. The first-order valence-electron chi connectivity index (χ1n) is 9.56. The van der Waals surface area contributed by atoms with Gasteiger partial charge in [0, 0.05) is 30.0 Å². The average Bonchev–Trinajstić information content (AvgIpc) is 3.13. The van der Waals surface area contributed by atoms with Gasteiger partial charge in [-0.2, -0.15) is 0 Å². The average molecular weight is 388 g/mol. The van der Waals surface area contributed by atoms with Gasteiger partial charge in [-0.05, 0) is 25.7 Å². The maximum Gasteiger partial charge on any atom is 0.330 e. The Kier molecular flexibility index (Phi) is 14.0. The van der Waals surface area contributed by atoms with E-state index in [1.54, 1.807) is 0 Å². The number of hydrogen-bond acceptors (Lipinski definition) is 5. The molecule has 1 aliphatic rings. The van der Waals surface area contributed by atoms with E-state index in [0.29, 0.717) is 26.0 Å². The molecule has 0 aromatic carbocycles. The SMILES string of the molecule is C=CC(=O)OCCCNC(=O)CCCCCCCCCC1CCSS1. The minimum Gasteiger partial charge on any atom is -0.462 e. The normalized spacial score (nSPS) is 16.6. The van der Waals surface area contributed by atoms with E-state index in [1.807, 2.05) is 10.8 Å². The number of rotatable bonds is 15. The van der Waals surface area contributed by atoms with Gasteiger partial charge >= 0.3 is 5.97 Å². The fraction of sp³-hybridized carbons (Fsp3) is 0.789. The smallest absolute Gasteiger partial charge is 0.330 e. The fourth-order valence-electron chi connectivity index (χ4n) is 2.73. The molecule has 1 unspecified atom stereocenters. The third-order valence-electron chi connectivity index (χ3n) is 4.21. The van der Waals surface area contributed by atoms with Crippen LogP contribution in [0.25, 0.3) is 0 Å². The molecular weight excluding hydrogens is 354 g/mol. The molecule has 0 aromatic heterocycles. The Morgan fingerprint density at radius 3 is 2.48 bits per heavy atom. The van der Waals surface area contributed by atoms with Gasteiger partial charge in [0.05, 0.1) is 6.61 Å². The molecule has 1 fully saturated rings. The van der Waals surface area contributed by atoms with E-state index >= 15 is 0 Å². The van der Waals surface area contributed by atoms with Crippen LogP contribution in [0.4, 0.5) is 0 Å². The van der Waals surface area contributed by atoms with Gasteiger partial charge < -0.3 is 10.1 Å². The molecule has 0 bridgehead atoms. The van der Waals surface area contributed by atoms with E-state index < -0.39 is 5.97 Å². The quantitative estimate of drug-likeness (QED) is 0.188. The number of nitrogens with one attached hydrogen (secondary N) is 1. The van der Waals surface area contributed by atoms with E-state index in [-0.39, 0.29) is 5.91 Å². The van der Waals surface area contributed by atoms with Gasteiger partial charge in [0.1, 0.15) is 0 Å². The van der Waals surface area contributed by atoms with Gasteiger partial charge in [-0.3, -0.25) is 4.79 Å². The maximum atomic E-state index is 11.7. The Morgan fingerprint density at radius 2 is 1.80 bits per heavy atom. The lowest BCUT2D eigenvalue weighted by Gasteiger charge is -2.07. The second-order valence-electron chi connectivity index (χ2n) is 6.42. The van der Waals surface area contributed by atoms with Crippen LogP contribution in [0, 0.1) is 0 Å². The van der Waals surface area contributed by atoms with E-state index in [1.165, 1.54) is 50.7 Å². The number of esters is 1. The standard InChI is InChI=1S/C19H33NO3S2/c1-2-19(22)23-15-10-14-20-18(21)12-9-7-5-3-4-6-8-11-17-13-16-24-25-17/h2,17H,1,3-16H2,(H,20,21). The zero-order valence-corrected chi connectivity index (χ0v) is 16.9. The molecule has 1 N–H and O–H groups in total. The summed E-state index contributed by atoms with van der Waals surface area (Å²) in [6.07, 6.45) is 13.9. The summed E-state index contributed by atoms with van der Waals surface area (Å²) in [4.78, 5) is 22.5. The summed E-state index contributed by atoms with van der Waals surface area (Å²) in [7, 11) is 4.11. The molecule has 144 valence electrons. The first kappa shape index (κ1) is 22.4. The maximum absolute atomic E-state index is 11.7. The van der Waals surface area contributed by atoms with Crippen LogP contribution in [0.5, 0.6) is 0 Å². The van der Waals surface area contributed by atoms with Crippen LogP contribution in [-0.2, 0) is 14.3 Å². The molecule has 0 radical (unpaired) electrons. The number of carbonyl (C=O) groups excluding carboxylic acids is 2. The van der Waals surface area contributed by atoms with Crippen molar-refractivity contribution in [1.29, 1.82) is 0 Å². The lowest BCUT2D eigenvalue weighted by Crippen LogP contribution is -2.25. The summed E-state index contributed by atoms with van der Waals surface area (Å²) in [5.74, 6) is 1.02. The molecule has 0 saturated carbocycles. The van der Waals surface area contributed by atoms with Crippen LogP contribution in [-0.4, -0.2) is 36.0 Å². The summed E-state index contributed by atoms with van der Waals surface area (Å²) in [5, 5.41) is 3.77. The molecule has 0 aliphatic carbocycles. The van der Waals surface area contributed by atoms with Crippen molar-refractivity contribution in [1.82, 2.24) is 5.32 Å². The molecule has 1 rings (SSSR count). The van der Waals surface area contributed by atoms with Gasteiger partial charge in [0.25, 0.3) is 0 Å². The van der Waals surface area contributed by atoms with Crippen molar-refractivity contribution in [2.45, 2.75) is 75.9 Å². The number of ether oxygens (including phenoxy) is 1. The van der Waals surface area contributed by atoms with Crippen molar-refractivity contribution in [3.05, 3.63) is 12.7 Å². The predicted octanol–water partition coefficient (Wildman–Crippen LogP) is 4.89. The summed E-state index contributed by atoms with van der Waals surface area (Å²) < 4.78 is 4.84. The number of hydrogen-bond donors (Lipinski definition) is 1. The molecule has 0 aromatic rings. The first-order chi connectivity index (χ1) is 12.2. The van der Waals surface area contributed by atoms with Crippen LogP contribution in [0.1, 0.15) is 70.6 Å². The third-order valence-corrected chi connectivity index (χ3v) is 7.22. The van der Waals surface area contributed by atoms with Crippen LogP contribution < -0.4 is 5.32 Å². The monoisotopic (exact) mass is 387 g/mol. The van der Waals surface area contributed by atoms with Crippen molar-refractivity contribution in [2.24, 2.45) is 0 Å². The minimum absolute atomic E-state index is 0.0991. The first-order valence-corrected chi connectivity index (χ1v) is 11.9. The number of carbonyl (C=O) groups is 2. The lowest BCUT2D eigenvalue weighted by atomic mass is 10.1. The lowest BCUT2D eigenvalue weighted by molar-refractivity contribution is -0.137. The molecule has 0 spiro atoms. The number of unbranched alkanes of at least 4 members (excludes halogenated alkanes) is 6. The molecule has 4 nitrogen and oxygen atoms in total. The van der Waals surface area contributed by atoms with Crippen LogP contribution in [0.2, 0.25) is 0 Å². The largest absolute Gasteiger partial charge is 0.462 e. The van der Waals surface area contributed by atoms with Crippen LogP contribution in [0.3, 0.4) is 0 Å². The van der Waals surface area contributed by atoms with E-state index in [4.69, 9.17) is 4.74 Å². The van der Waals surface area contributed by atoms with Gasteiger partial charge in [0.15, 0.2) is 0 Å². The van der Waals surface area contributed by atoms with Gasteiger partial charge in [-0.25, -0.2) is 4.79 Å². The Balaban J connectivity index is 1.77. The van der Waals surface area contributed by atoms with Crippen molar-refractivity contribution in [2.75, 3.05) is 18.9 Å². The van der Waals surface area contributed by atoms with E-state index in [9.17, 15) is 9.59 Å². The Labute approximate surface area is 160 Å². The van der Waals surface area contributed by atoms with Crippen molar-refractivity contribution < 1.29 is 14.3 Å². The van der Waals surface area contributed by atoms with Crippen molar-refractivity contribution in [3.8, 4) is 0 Å². The highest BCUT2D eigenvalue weighted by atomic mass is 33.1. The molecule has 6 heteroatoms. The predicted molar refractivity (Wildman–Crippen MR) is 109 cm³/mol. The molecular formula is C19H33NO3S2. The molecule has 1 atom stereocenters.